The molecule has 1 atom stereocenters. The maximum absolute atomic E-state index is 10.4. The number of aliphatic carboxylic acids is 1. The summed E-state index contributed by atoms with van der Waals surface area (Å²) < 4.78 is 0. The van der Waals surface area contributed by atoms with Crippen LogP contribution in [-0.2, 0) is 4.79 Å². The van der Waals surface area contributed by atoms with Crippen LogP contribution < -0.4 is 5.32 Å². The minimum Gasteiger partial charge on any atom is -0.480 e. The lowest BCUT2D eigenvalue weighted by atomic mass is 9.95. The lowest BCUT2D eigenvalue weighted by Crippen LogP contribution is -2.40. The third kappa shape index (κ3) is 4.47. The van der Waals surface area contributed by atoms with E-state index in [1.165, 1.54) is 11.1 Å². The Hall–Kier alpha value is -1.39. The Morgan fingerprint density at radius 3 is 2.06 bits per heavy atom. The van der Waals surface area contributed by atoms with Crippen LogP contribution in [0.3, 0.4) is 0 Å². The molecule has 0 saturated heterocycles. The first-order valence-electron chi connectivity index (χ1n) is 6.36. The lowest BCUT2D eigenvalue weighted by Gasteiger charge is -2.10. The second-order valence-corrected chi connectivity index (χ2v) is 4.31. The van der Waals surface area contributed by atoms with Gasteiger partial charge in [-0.1, -0.05) is 44.0 Å². The summed E-state index contributed by atoms with van der Waals surface area (Å²) in [5.74, 6) is -0.992. The van der Waals surface area contributed by atoms with E-state index in [0.717, 1.165) is 19.3 Å². The fourth-order valence-electron chi connectivity index (χ4n) is 1.54. The van der Waals surface area contributed by atoms with Crippen LogP contribution in [0.5, 0.6) is 0 Å². The molecule has 0 saturated carbocycles. The van der Waals surface area contributed by atoms with Crippen molar-refractivity contribution in [2.75, 3.05) is 13.2 Å². The molecule has 0 aromatic carbocycles. The highest BCUT2D eigenvalue weighted by Gasteiger charge is 2.13. The molecule has 0 amide bonds. The van der Waals surface area contributed by atoms with E-state index in [9.17, 15) is 4.79 Å². The number of benzene rings is 1. The zero-order valence-corrected chi connectivity index (χ0v) is 10.7. The Kier molecular flexibility index (Phi) is 6.39. The summed E-state index contributed by atoms with van der Waals surface area (Å²) in [7, 11) is 0. The summed E-state index contributed by atoms with van der Waals surface area (Å²) >= 11 is 0. The number of nitrogens with one attached hydrogen (secondary N) is 1. The highest BCUT2D eigenvalue weighted by Crippen LogP contribution is 2.29. The van der Waals surface area contributed by atoms with Gasteiger partial charge in [-0.3, -0.25) is 4.79 Å². The molecule has 0 heterocycles. The van der Waals surface area contributed by atoms with Crippen LogP contribution >= 0.6 is 0 Å². The molecule has 2 rings (SSSR count). The fourth-order valence-corrected chi connectivity index (χ4v) is 1.54. The predicted octanol–water partition coefficient (Wildman–Crippen LogP) is 1.88. The lowest BCUT2D eigenvalue weighted by molar-refractivity contribution is -0.140. The van der Waals surface area contributed by atoms with Crippen LogP contribution in [0.2, 0.25) is 0 Å². The Labute approximate surface area is 108 Å². The van der Waals surface area contributed by atoms with Gasteiger partial charge in [0.15, 0.2) is 0 Å². The molecule has 0 aromatic heterocycles. The quantitative estimate of drug-likeness (QED) is 0.657. The van der Waals surface area contributed by atoms with Gasteiger partial charge in [0.05, 0.1) is 6.61 Å². The largest absolute Gasteiger partial charge is 0.480 e. The Balaban J connectivity index is 0.000000217. The second-order valence-electron chi connectivity index (χ2n) is 4.31. The maximum Gasteiger partial charge on any atom is 0.323 e. The summed E-state index contributed by atoms with van der Waals surface area (Å²) in [4.78, 5) is 10.4. The van der Waals surface area contributed by atoms with Gasteiger partial charge < -0.3 is 15.5 Å². The van der Waals surface area contributed by atoms with Crippen molar-refractivity contribution in [3.05, 3.63) is 24.3 Å². The van der Waals surface area contributed by atoms with Crippen molar-refractivity contribution in [3.8, 4) is 11.1 Å². The zero-order chi connectivity index (χ0) is 13.4. The number of hydrogen-bond donors (Lipinski definition) is 3. The van der Waals surface area contributed by atoms with Gasteiger partial charge in [-0.2, -0.15) is 0 Å². The van der Waals surface area contributed by atoms with E-state index >= 15 is 0 Å². The standard InChI is InChI=1S/C8H17NO3.C6H4/c1-2-3-4-5-9-7(6-10)8(11)12;1-2-6-4-3-5(1)6/h7,9-10H,2-6H2,1H3,(H,11,12);1-4H. The van der Waals surface area contributed by atoms with Crippen LogP contribution in [0.15, 0.2) is 24.3 Å². The molecule has 4 heteroatoms. The maximum atomic E-state index is 10.4. The number of aliphatic hydroxyl groups excluding tert-OH is 1. The average Bonchev–Trinajstić information content (AvgIpc) is 2.34. The first-order chi connectivity index (χ1) is 8.69. The number of carboxylic acid groups (broad SMARTS) is 1. The van der Waals surface area contributed by atoms with Gasteiger partial charge in [0.25, 0.3) is 0 Å². The molecular weight excluding hydrogens is 230 g/mol. The first-order valence-corrected chi connectivity index (χ1v) is 6.36. The Morgan fingerprint density at radius 1 is 1.22 bits per heavy atom. The first kappa shape index (κ1) is 14.7. The van der Waals surface area contributed by atoms with Gasteiger partial charge in [-0.25, -0.2) is 0 Å². The molecule has 18 heavy (non-hydrogen) atoms. The van der Waals surface area contributed by atoms with Crippen LogP contribution in [0, 0.1) is 0 Å². The SMILES string of the molecule is CCCCCNC(CO)C(=O)O.c1cc2ccc1-2. The molecule has 2 aliphatic carbocycles. The predicted molar refractivity (Wildman–Crippen MR) is 71.5 cm³/mol. The van der Waals surface area contributed by atoms with Crippen molar-refractivity contribution in [1.82, 2.24) is 5.32 Å². The van der Waals surface area contributed by atoms with Gasteiger partial charge in [0.1, 0.15) is 6.04 Å². The molecule has 0 aliphatic heterocycles. The molecule has 0 bridgehead atoms. The molecule has 3 N–H and O–H groups in total. The third-order valence-electron chi connectivity index (χ3n) is 2.87. The van der Waals surface area contributed by atoms with E-state index in [1.54, 1.807) is 0 Å². The Morgan fingerprint density at radius 2 is 1.78 bits per heavy atom. The van der Waals surface area contributed by atoms with E-state index < -0.39 is 12.0 Å². The van der Waals surface area contributed by atoms with Gasteiger partial charge >= 0.3 is 5.97 Å². The van der Waals surface area contributed by atoms with E-state index in [-0.39, 0.29) is 6.61 Å². The summed E-state index contributed by atoms with van der Waals surface area (Å²) in [6, 6.07) is 7.68. The molecular formula is C14H21NO3. The second kappa shape index (κ2) is 7.84. The van der Waals surface area contributed by atoms with Gasteiger partial charge in [0, 0.05) is 0 Å². The van der Waals surface area contributed by atoms with E-state index in [2.05, 4.69) is 36.5 Å². The van der Waals surface area contributed by atoms with Crippen molar-refractivity contribution >= 4 is 5.97 Å². The van der Waals surface area contributed by atoms with Crippen molar-refractivity contribution in [3.63, 3.8) is 0 Å². The summed E-state index contributed by atoms with van der Waals surface area (Å²) in [6.07, 6.45) is 3.16. The van der Waals surface area contributed by atoms with Gasteiger partial charge in [-0.15, -0.1) is 0 Å². The molecule has 1 unspecified atom stereocenters. The zero-order valence-electron chi connectivity index (χ0n) is 10.7. The van der Waals surface area contributed by atoms with Crippen LogP contribution in [0.25, 0.3) is 11.1 Å². The summed E-state index contributed by atoms with van der Waals surface area (Å²) in [5.41, 5.74) is 2.85. The minimum atomic E-state index is -0.992. The van der Waals surface area contributed by atoms with Crippen molar-refractivity contribution < 1.29 is 15.0 Å². The minimum absolute atomic E-state index is 0.346. The smallest absolute Gasteiger partial charge is 0.323 e. The van der Waals surface area contributed by atoms with E-state index in [0.29, 0.717) is 6.54 Å². The van der Waals surface area contributed by atoms with Crippen molar-refractivity contribution in [1.29, 1.82) is 0 Å². The van der Waals surface area contributed by atoms with E-state index in [1.807, 2.05) is 0 Å². The van der Waals surface area contributed by atoms with Crippen LogP contribution in [0.4, 0.5) is 0 Å². The van der Waals surface area contributed by atoms with Crippen LogP contribution in [0.1, 0.15) is 26.2 Å². The monoisotopic (exact) mass is 251 g/mol. The highest BCUT2D eigenvalue weighted by atomic mass is 16.4. The number of aliphatic hydroxyl groups is 1. The Bertz CT molecular complexity index is 341. The molecule has 0 radical (unpaired) electrons. The van der Waals surface area contributed by atoms with Crippen molar-refractivity contribution in [2.24, 2.45) is 0 Å². The molecule has 0 fully saturated rings. The third-order valence-corrected chi connectivity index (χ3v) is 2.87. The summed E-state index contributed by atoms with van der Waals surface area (Å²) in [5, 5.41) is 19.9. The number of carbonyl (C=O) groups is 1. The molecule has 4 nitrogen and oxygen atoms in total. The molecule has 0 aromatic rings. The average molecular weight is 251 g/mol. The normalized spacial score (nSPS) is 12.3. The van der Waals surface area contributed by atoms with Crippen LogP contribution in [-0.4, -0.2) is 35.4 Å². The number of fused-ring (bicyclic) bond motifs is 1. The number of unbranched alkanes of at least 4 members (excludes halogenated alkanes) is 2. The number of carboxylic acids is 1. The van der Waals surface area contributed by atoms with Crippen molar-refractivity contribution in [2.45, 2.75) is 32.2 Å². The molecule has 100 valence electrons. The topological polar surface area (TPSA) is 69.6 Å². The number of rotatable bonds is 7. The molecule has 2 aliphatic rings. The van der Waals surface area contributed by atoms with Gasteiger partial charge in [0.2, 0.25) is 0 Å². The summed E-state index contributed by atoms with van der Waals surface area (Å²) in [6.45, 7) is 2.40. The fraction of sp³-hybridized carbons (Fsp3) is 0.500. The van der Waals surface area contributed by atoms with E-state index in [4.69, 9.17) is 10.2 Å². The van der Waals surface area contributed by atoms with Gasteiger partial charge in [-0.05, 0) is 24.1 Å². The molecule has 0 spiro atoms. The highest BCUT2D eigenvalue weighted by molar-refractivity contribution is 5.75. The number of hydrogen-bond acceptors (Lipinski definition) is 3.